The fourth-order valence-corrected chi connectivity index (χ4v) is 1.70. The Morgan fingerprint density at radius 2 is 2.12 bits per heavy atom. The van der Waals surface area contributed by atoms with E-state index in [1.54, 1.807) is 12.1 Å². The van der Waals surface area contributed by atoms with Crippen LogP contribution in [-0.2, 0) is 4.79 Å². The van der Waals surface area contributed by atoms with E-state index in [9.17, 15) is 9.59 Å². The Hall–Kier alpha value is -2.30. The number of fused-ring (bicyclic) bond motifs is 1. The van der Waals surface area contributed by atoms with Crippen LogP contribution in [0.5, 0.6) is 0 Å². The van der Waals surface area contributed by atoms with Crippen LogP contribution in [0.4, 0.5) is 5.69 Å². The first-order chi connectivity index (χ1) is 7.99. The number of nitrogen functional groups attached to an aromatic ring is 1. The SMILES string of the molecule is CC(C(=O)O)c1cc(=O)oc2cc(N)ccc12. The number of carbonyl (C=O) groups is 1. The van der Waals surface area contributed by atoms with Gasteiger partial charge in [0.25, 0.3) is 0 Å². The second-order valence-corrected chi connectivity index (χ2v) is 3.84. The van der Waals surface area contributed by atoms with Crippen molar-refractivity contribution in [1.29, 1.82) is 0 Å². The fraction of sp³-hybridized carbons (Fsp3) is 0.167. The van der Waals surface area contributed by atoms with Crippen molar-refractivity contribution in [2.75, 3.05) is 5.73 Å². The number of aliphatic carboxylic acids is 1. The Kier molecular flexibility index (Phi) is 2.59. The number of benzene rings is 1. The molecule has 0 radical (unpaired) electrons. The number of nitrogens with two attached hydrogens (primary N) is 1. The van der Waals surface area contributed by atoms with Gasteiger partial charge in [0.15, 0.2) is 0 Å². The number of carboxylic acid groups (broad SMARTS) is 1. The van der Waals surface area contributed by atoms with E-state index in [1.807, 2.05) is 0 Å². The van der Waals surface area contributed by atoms with Crippen LogP contribution in [0, 0.1) is 0 Å². The van der Waals surface area contributed by atoms with E-state index in [0.717, 1.165) is 0 Å². The molecule has 1 heterocycles. The Labute approximate surface area is 96.5 Å². The molecule has 0 saturated heterocycles. The van der Waals surface area contributed by atoms with Crippen molar-refractivity contribution >= 4 is 22.6 Å². The van der Waals surface area contributed by atoms with Crippen LogP contribution < -0.4 is 11.4 Å². The number of hydrogen-bond acceptors (Lipinski definition) is 4. The topological polar surface area (TPSA) is 93.5 Å². The van der Waals surface area contributed by atoms with Gasteiger partial charge < -0.3 is 15.3 Å². The molecule has 0 spiro atoms. The third kappa shape index (κ3) is 1.99. The molecule has 5 heteroatoms. The second kappa shape index (κ2) is 3.93. The number of hydrogen-bond donors (Lipinski definition) is 2. The molecule has 1 aromatic heterocycles. The minimum Gasteiger partial charge on any atom is -0.481 e. The largest absolute Gasteiger partial charge is 0.481 e. The Bertz CT molecular complexity index is 644. The molecule has 1 unspecified atom stereocenters. The van der Waals surface area contributed by atoms with Gasteiger partial charge >= 0.3 is 11.6 Å². The maximum Gasteiger partial charge on any atom is 0.336 e. The van der Waals surface area contributed by atoms with Gasteiger partial charge in [-0.25, -0.2) is 4.79 Å². The summed E-state index contributed by atoms with van der Waals surface area (Å²) >= 11 is 0. The number of anilines is 1. The quantitative estimate of drug-likeness (QED) is 0.606. The first-order valence-corrected chi connectivity index (χ1v) is 5.05. The lowest BCUT2D eigenvalue weighted by Gasteiger charge is -2.09. The summed E-state index contributed by atoms with van der Waals surface area (Å²) in [5.74, 6) is -1.76. The van der Waals surface area contributed by atoms with Gasteiger partial charge in [-0.1, -0.05) is 0 Å². The maximum atomic E-state index is 11.3. The first-order valence-electron chi connectivity index (χ1n) is 5.05. The predicted molar refractivity (Wildman–Crippen MR) is 62.9 cm³/mol. The molecular formula is C12H11NO4. The summed E-state index contributed by atoms with van der Waals surface area (Å²) < 4.78 is 4.98. The molecular weight excluding hydrogens is 222 g/mol. The van der Waals surface area contributed by atoms with Crippen LogP contribution >= 0.6 is 0 Å². The van der Waals surface area contributed by atoms with Crippen molar-refractivity contribution in [2.45, 2.75) is 12.8 Å². The highest BCUT2D eigenvalue weighted by atomic mass is 16.4. The summed E-state index contributed by atoms with van der Waals surface area (Å²) in [5.41, 5.74) is 6.20. The third-order valence-electron chi connectivity index (χ3n) is 2.64. The molecule has 0 bridgehead atoms. The highest BCUT2D eigenvalue weighted by Gasteiger charge is 2.18. The standard InChI is InChI=1S/C12H11NO4/c1-6(12(15)16)9-5-11(14)17-10-4-7(13)2-3-8(9)10/h2-6H,13H2,1H3,(H,15,16). The van der Waals surface area contributed by atoms with Gasteiger partial charge in [0, 0.05) is 23.2 Å². The zero-order chi connectivity index (χ0) is 12.6. The highest BCUT2D eigenvalue weighted by molar-refractivity contribution is 5.88. The number of carboxylic acids is 1. The zero-order valence-electron chi connectivity index (χ0n) is 9.14. The van der Waals surface area contributed by atoms with Gasteiger partial charge in [0.2, 0.25) is 0 Å². The summed E-state index contributed by atoms with van der Waals surface area (Å²) in [4.78, 5) is 22.3. The van der Waals surface area contributed by atoms with Crippen molar-refractivity contribution in [2.24, 2.45) is 0 Å². The molecule has 0 saturated carbocycles. The lowest BCUT2D eigenvalue weighted by Crippen LogP contribution is -2.11. The Morgan fingerprint density at radius 3 is 2.76 bits per heavy atom. The lowest BCUT2D eigenvalue weighted by atomic mass is 9.98. The minimum absolute atomic E-state index is 0.306. The maximum absolute atomic E-state index is 11.3. The molecule has 0 amide bonds. The van der Waals surface area contributed by atoms with Gasteiger partial charge in [-0.15, -0.1) is 0 Å². The van der Waals surface area contributed by atoms with E-state index in [4.69, 9.17) is 15.3 Å². The zero-order valence-corrected chi connectivity index (χ0v) is 9.14. The third-order valence-corrected chi connectivity index (χ3v) is 2.64. The Balaban J connectivity index is 2.78. The molecule has 0 aliphatic rings. The molecule has 0 aliphatic heterocycles. The van der Waals surface area contributed by atoms with Crippen LogP contribution in [0.25, 0.3) is 11.0 Å². The van der Waals surface area contributed by atoms with Gasteiger partial charge in [0.1, 0.15) is 5.58 Å². The second-order valence-electron chi connectivity index (χ2n) is 3.84. The van der Waals surface area contributed by atoms with Gasteiger partial charge in [-0.2, -0.15) is 0 Å². The van der Waals surface area contributed by atoms with Gasteiger partial charge in [-0.3, -0.25) is 4.79 Å². The summed E-state index contributed by atoms with van der Waals surface area (Å²) in [5, 5.41) is 9.57. The van der Waals surface area contributed by atoms with Crippen molar-refractivity contribution in [3.63, 3.8) is 0 Å². The molecule has 0 aliphatic carbocycles. The van der Waals surface area contributed by atoms with Crippen molar-refractivity contribution in [1.82, 2.24) is 0 Å². The molecule has 17 heavy (non-hydrogen) atoms. The van der Waals surface area contributed by atoms with E-state index in [0.29, 0.717) is 22.2 Å². The van der Waals surface area contributed by atoms with E-state index in [1.165, 1.54) is 19.1 Å². The van der Waals surface area contributed by atoms with Crippen LogP contribution in [-0.4, -0.2) is 11.1 Å². The molecule has 2 rings (SSSR count). The normalized spacial score (nSPS) is 12.5. The van der Waals surface area contributed by atoms with Crippen LogP contribution in [0.2, 0.25) is 0 Å². The van der Waals surface area contributed by atoms with Gasteiger partial charge in [0.05, 0.1) is 5.92 Å². The van der Waals surface area contributed by atoms with Crippen LogP contribution in [0.15, 0.2) is 33.5 Å². The van der Waals surface area contributed by atoms with Crippen LogP contribution in [0.3, 0.4) is 0 Å². The number of rotatable bonds is 2. The average molecular weight is 233 g/mol. The summed E-state index contributed by atoms with van der Waals surface area (Å²) in [7, 11) is 0. The molecule has 88 valence electrons. The monoisotopic (exact) mass is 233 g/mol. The lowest BCUT2D eigenvalue weighted by molar-refractivity contribution is -0.138. The van der Waals surface area contributed by atoms with Crippen molar-refractivity contribution in [3.8, 4) is 0 Å². The van der Waals surface area contributed by atoms with Crippen LogP contribution in [0.1, 0.15) is 18.4 Å². The average Bonchev–Trinajstić information content (AvgIpc) is 2.26. The molecule has 5 nitrogen and oxygen atoms in total. The fourth-order valence-electron chi connectivity index (χ4n) is 1.70. The highest BCUT2D eigenvalue weighted by Crippen LogP contribution is 2.25. The van der Waals surface area contributed by atoms with E-state index in [-0.39, 0.29) is 0 Å². The molecule has 1 atom stereocenters. The smallest absolute Gasteiger partial charge is 0.336 e. The van der Waals surface area contributed by atoms with Crippen molar-refractivity contribution < 1.29 is 14.3 Å². The predicted octanol–water partition coefficient (Wildman–Crippen LogP) is 1.56. The van der Waals surface area contributed by atoms with Crippen molar-refractivity contribution in [3.05, 3.63) is 40.2 Å². The molecule has 1 aromatic carbocycles. The first kappa shape index (κ1) is 11.2. The Morgan fingerprint density at radius 1 is 1.41 bits per heavy atom. The van der Waals surface area contributed by atoms with E-state index < -0.39 is 17.5 Å². The van der Waals surface area contributed by atoms with E-state index >= 15 is 0 Å². The minimum atomic E-state index is -0.992. The molecule has 0 fully saturated rings. The molecule has 2 aromatic rings. The van der Waals surface area contributed by atoms with Gasteiger partial charge in [-0.05, 0) is 24.6 Å². The summed E-state index contributed by atoms with van der Waals surface area (Å²) in [6.07, 6.45) is 0. The summed E-state index contributed by atoms with van der Waals surface area (Å²) in [6, 6.07) is 6.01. The molecule has 3 N–H and O–H groups in total. The van der Waals surface area contributed by atoms with E-state index in [2.05, 4.69) is 0 Å². The summed E-state index contributed by atoms with van der Waals surface area (Å²) in [6.45, 7) is 1.52.